The summed E-state index contributed by atoms with van der Waals surface area (Å²) in [6.07, 6.45) is 0. The Morgan fingerprint density at radius 3 is 2.64 bits per heavy atom. The average molecular weight is 311 g/mol. The number of hydrogen-bond donors (Lipinski definition) is 0. The molecule has 0 saturated carbocycles. The van der Waals surface area contributed by atoms with Crippen molar-refractivity contribution >= 4 is 44.3 Å². The van der Waals surface area contributed by atoms with Crippen LogP contribution in [0.25, 0.3) is 32.7 Å². The number of aryl methyl sites for hydroxylation is 1. The fourth-order valence-electron chi connectivity index (χ4n) is 3.09. The first kappa shape index (κ1) is 13.4. The van der Waals surface area contributed by atoms with E-state index < -0.39 is 0 Å². The Labute approximate surface area is 133 Å². The van der Waals surface area contributed by atoms with Gasteiger partial charge in [-0.1, -0.05) is 29.8 Å². The number of ether oxygens (including phenoxy) is 1. The zero-order valence-corrected chi connectivity index (χ0v) is 13.2. The monoisotopic (exact) mass is 310 g/mol. The second-order valence-corrected chi connectivity index (χ2v) is 5.75. The third-order valence-electron chi connectivity index (χ3n) is 4.05. The SMILES string of the molecule is CCOc1nc2c(c3ccccc13)c1cc(Cl)ccc1n2C. The van der Waals surface area contributed by atoms with E-state index in [0.717, 1.165) is 37.7 Å². The number of nitrogens with zero attached hydrogens (tertiary/aromatic N) is 2. The van der Waals surface area contributed by atoms with Crippen LogP contribution in [0, 0.1) is 0 Å². The predicted molar refractivity (Wildman–Crippen MR) is 91.9 cm³/mol. The lowest BCUT2D eigenvalue weighted by molar-refractivity contribution is 0.332. The van der Waals surface area contributed by atoms with Crippen LogP contribution in [-0.4, -0.2) is 16.2 Å². The Morgan fingerprint density at radius 2 is 1.86 bits per heavy atom. The summed E-state index contributed by atoms with van der Waals surface area (Å²) in [5.74, 6) is 0.683. The zero-order valence-electron chi connectivity index (χ0n) is 12.4. The topological polar surface area (TPSA) is 27.1 Å². The van der Waals surface area contributed by atoms with Crippen molar-refractivity contribution in [1.82, 2.24) is 9.55 Å². The van der Waals surface area contributed by atoms with Crippen molar-refractivity contribution in [2.75, 3.05) is 6.61 Å². The van der Waals surface area contributed by atoms with Crippen LogP contribution in [0.5, 0.6) is 5.88 Å². The molecule has 0 unspecified atom stereocenters. The van der Waals surface area contributed by atoms with E-state index in [1.807, 2.05) is 44.3 Å². The zero-order chi connectivity index (χ0) is 15.3. The van der Waals surface area contributed by atoms with Gasteiger partial charge >= 0.3 is 0 Å². The maximum Gasteiger partial charge on any atom is 0.223 e. The third kappa shape index (κ3) is 1.79. The lowest BCUT2D eigenvalue weighted by Crippen LogP contribution is -1.98. The Hall–Kier alpha value is -2.26. The van der Waals surface area contributed by atoms with Gasteiger partial charge in [0.05, 0.1) is 12.1 Å². The molecule has 110 valence electrons. The van der Waals surface area contributed by atoms with E-state index in [4.69, 9.17) is 21.3 Å². The molecule has 0 bridgehead atoms. The Balaban J connectivity index is 2.28. The molecule has 2 aromatic carbocycles. The van der Waals surface area contributed by atoms with Gasteiger partial charge in [-0.25, -0.2) is 0 Å². The molecule has 4 rings (SSSR count). The molecular formula is C18H15ClN2O. The van der Waals surface area contributed by atoms with E-state index in [1.165, 1.54) is 0 Å². The smallest absolute Gasteiger partial charge is 0.223 e. The van der Waals surface area contributed by atoms with Gasteiger partial charge in [-0.3, -0.25) is 0 Å². The highest BCUT2D eigenvalue weighted by Crippen LogP contribution is 2.37. The molecule has 22 heavy (non-hydrogen) atoms. The molecule has 4 aromatic rings. The van der Waals surface area contributed by atoms with Crippen molar-refractivity contribution in [3.63, 3.8) is 0 Å². The molecular weight excluding hydrogens is 296 g/mol. The molecule has 0 saturated heterocycles. The van der Waals surface area contributed by atoms with E-state index in [-0.39, 0.29) is 0 Å². The quantitative estimate of drug-likeness (QED) is 0.525. The largest absolute Gasteiger partial charge is 0.477 e. The summed E-state index contributed by atoms with van der Waals surface area (Å²) in [6, 6.07) is 14.2. The fraction of sp³-hybridized carbons (Fsp3) is 0.167. The molecule has 0 aliphatic rings. The van der Waals surface area contributed by atoms with Crippen molar-refractivity contribution in [3.8, 4) is 5.88 Å². The van der Waals surface area contributed by atoms with Gasteiger partial charge in [0.25, 0.3) is 0 Å². The van der Waals surface area contributed by atoms with Gasteiger partial charge in [0.1, 0.15) is 5.65 Å². The van der Waals surface area contributed by atoms with Gasteiger partial charge in [0, 0.05) is 28.2 Å². The highest BCUT2D eigenvalue weighted by Gasteiger charge is 2.16. The molecule has 2 aromatic heterocycles. The summed E-state index contributed by atoms with van der Waals surface area (Å²) in [5, 5.41) is 5.15. The minimum absolute atomic E-state index is 0.596. The van der Waals surface area contributed by atoms with Gasteiger partial charge in [-0.2, -0.15) is 4.98 Å². The molecule has 2 heterocycles. The summed E-state index contributed by atoms with van der Waals surface area (Å²) in [5.41, 5.74) is 2.03. The first-order valence-electron chi connectivity index (χ1n) is 7.30. The van der Waals surface area contributed by atoms with E-state index >= 15 is 0 Å². The third-order valence-corrected chi connectivity index (χ3v) is 4.28. The van der Waals surface area contributed by atoms with E-state index in [2.05, 4.69) is 16.7 Å². The minimum Gasteiger partial charge on any atom is -0.477 e. The van der Waals surface area contributed by atoms with Crippen LogP contribution in [0.1, 0.15) is 6.92 Å². The molecule has 0 amide bonds. The van der Waals surface area contributed by atoms with Crippen molar-refractivity contribution in [2.24, 2.45) is 7.05 Å². The van der Waals surface area contributed by atoms with Crippen LogP contribution in [0.15, 0.2) is 42.5 Å². The first-order valence-corrected chi connectivity index (χ1v) is 7.67. The highest BCUT2D eigenvalue weighted by atomic mass is 35.5. The Morgan fingerprint density at radius 1 is 1.09 bits per heavy atom. The molecule has 0 aliphatic heterocycles. The molecule has 3 nitrogen and oxygen atoms in total. The van der Waals surface area contributed by atoms with Gasteiger partial charge in [0.15, 0.2) is 0 Å². The van der Waals surface area contributed by atoms with Crippen LogP contribution in [0.3, 0.4) is 0 Å². The lowest BCUT2D eigenvalue weighted by atomic mass is 10.1. The van der Waals surface area contributed by atoms with Crippen LogP contribution >= 0.6 is 11.6 Å². The van der Waals surface area contributed by atoms with Gasteiger partial charge in [0.2, 0.25) is 5.88 Å². The van der Waals surface area contributed by atoms with Crippen molar-refractivity contribution < 1.29 is 4.74 Å². The molecule has 0 spiro atoms. The van der Waals surface area contributed by atoms with Crippen molar-refractivity contribution in [1.29, 1.82) is 0 Å². The maximum absolute atomic E-state index is 6.21. The summed E-state index contributed by atoms with van der Waals surface area (Å²) < 4.78 is 7.84. The molecule has 0 atom stereocenters. The normalized spacial score (nSPS) is 11.6. The van der Waals surface area contributed by atoms with Gasteiger partial charge in [-0.05, 0) is 36.6 Å². The minimum atomic E-state index is 0.596. The van der Waals surface area contributed by atoms with Gasteiger partial charge < -0.3 is 9.30 Å². The summed E-state index contributed by atoms with van der Waals surface area (Å²) in [6.45, 7) is 2.57. The van der Waals surface area contributed by atoms with Crippen molar-refractivity contribution in [3.05, 3.63) is 47.5 Å². The summed E-state index contributed by atoms with van der Waals surface area (Å²) in [7, 11) is 2.02. The Kier molecular flexibility index (Phi) is 2.98. The number of hydrogen-bond acceptors (Lipinski definition) is 2. The van der Waals surface area contributed by atoms with E-state index in [0.29, 0.717) is 12.5 Å². The highest BCUT2D eigenvalue weighted by molar-refractivity contribution is 6.32. The van der Waals surface area contributed by atoms with Crippen LogP contribution < -0.4 is 4.74 Å². The van der Waals surface area contributed by atoms with Crippen LogP contribution in [-0.2, 0) is 7.05 Å². The average Bonchev–Trinajstić information content (AvgIpc) is 2.80. The van der Waals surface area contributed by atoms with E-state index in [1.54, 1.807) is 0 Å². The standard InChI is InChI=1S/C18H15ClN2O/c1-3-22-18-13-7-5-4-6-12(13)16-14-10-11(19)8-9-15(14)21(2)17(16)20-18/h4-10H,3H2,1-2H3. The molecule has 4 heteroatoms. The number of halogens is 1. The molecule has 0 radical (unpaired) electrons. The Bertz CT molecular complexity index is 1020. The predicted octanol–water partition coefficient (Wildman–Crippen LogP) is 4.93. The van der Waals surface area contributed by atoms with Gasteiger partial charge in [-0.15, -0.1) is 0 Å². The molecule has 0 fully saturated rings. The number of benzene rings is 2. The maximum atomic E-state index is 6.21. The number of aromatic nitrogens is 2. The second kappa shape index (κ2) is 4.89. The second-order valence-electron chi connectivity index (χ2n) is 5.31. The van der Waals surface area contributed by atoms with Crippen LogP contribution in [0.2, 0.25) is 5.02 Å². The fourth-order valence-corrected chi connectivity index (χ4v) is 3.26. The van der Waals surface area contributed by atoms with E-state index in [9.17, 15) is 0 Å². The van der Waals surface area contributed by atoms with Crippen LogP contribution in [0.4, 0.5) is 0 Å². The summed E-state index contributed by atoms with van der Waals surface area (Å²) >= 11 is 6.21. The first-order chi connectivity index (χ1) is 10.7. The number of pyridine rings is 1. The number of rotatable bonds is 2. The van der Waals surface area contributed by atoms with Crippen molar-refractivity contribution in [2.45, 2.75) is 6.92 Å². The molecule has 0 N–H and O–H groups in total. The molecule has 0 aliphatic carbocycles. The number of fused-ring (bicyclic) bond motifs is 5. The lowest BCUT2D eigenvalue weighted by Gasteiger charge is -2.08. The summed E-state index contributed by atoms with van der Waals surface area (Å²) in [4.78, 5) is 4.76.